The van der Waals surface area contributed by atoms with Crippen LogP contribution >= 0.6 is 11.8 Å². The molecule has 0 saturated carbocycles. The number of anilines is 1. The normalized spacial score (nSPS) is 17.0. The number of amides is 1. The number of para-hydroxylation sites is 1. The van der Waals surface area contributed by atoms with Gasteiger partial charge in [-0.05, 0) is 50.5 Å². The number of fused-ring (bicyclic) bond motifs is 1. The number of hydrogen-bond donors (Lipinski definition) is 0. The predicted molar refractivity (Wildman–Crippen MR) is 107 cm³/mol. The summed E-state index contributed by atoms with van der Waals surface area (Å²) in [4.78, 5) is 15.0. The van der Waals surface area contributed by atoms with Crippen LogP contribution in [0.1, 0.15) is 25.0 Å². The van der Waals surface area contributed by atoms with E-state index in [1.54, 1.807) is 0 Å². The molecule has 0 spiro atoms. The summed E-state index contributed by atoms with van der Waals surface area (Å²) >= 11 is 1.31. The fraction of sp³-hybridized carbons (Fsp3) is 0.286. The molecular formula is C21H21N3O2S. The van der Waals surface area contributed by atoms with Crippen LogP contribution in [0, 0.1) is 6.92 Å². The minimum atomic E-state index is -0.316. The highest BCUT2D eigenvalue weighted by Gasteiger charge is 2.34. The number of thioether (sulfide) groups is 1. The maximum atomic E-state index is 13.1. The van der Waals surface area contributed by atoms with Crippen molar-refractivity contribution in [3.63, 3.8) is 0 Å². The van der Waals surface area contributed by atoms with E-state index in [1.807, 2.05) is 61.2 Å². The second-order valence-corrected chi connectivity index (χ2v) is 8.13. The van der Waals surface area contributed by atoms with Crippen LogP contribution in [0.4, 0.5) is 5.69 Å². The van der Waals surface area contributed by atoms with Gasteiger partial charge in [-0.25, -0.2) is 0 Å². The molecule has 138 valence electrons. The molecule has 2 aromatic carbocycles. The van der Waals surface area contributed by atoms with Gasteiger partial charge in [-0.1, -0.05) is 48.2 Å². The molecule has 0 bridgehead atoms. The number of nitrogens with zero attached hydrogens (tertiary/aromatic N) is 3. The van der Waals surface area contributed by atoms with Gasteiger partial charge in [0.15, 0.2) is 0 Å². The minimum Gasteiger partial charge on any atom is -0.411 e. The molecule has 0 radical (unpaired) electrons. The molecular weight excluding hydrogens is 358 g/mol. The van der Waals surface area contributed by atoms with Crippen LogP contribution in [0.5, 0.6) is 0 Å². The Morgan fingerprint density at radius 3 is 2.74 bits per heavy atom. The van der Waals surface area contributed by atoms with Gasteiger partial charge in [0.05, 0.1) is 5.25 Å². The number of carbonyl (C=O) groups excluding carboxylic acids is 1. The molecule has 2 heterocycles. The summed E-state index contributed by atoms with van der Waals surface area (Å²) in [6, 6.07) is 16.1. The summed E-state index contributed by atoms with van der Waals surface area (Å²) < 4.78 is 5.80. The second-order valence-electron chi connectivity index (χ2n) is 6.84. The van der Waals surface area contributed by atoms with Gasteiger partial charge in [0.2, 0.25) is 11.8 Å². The van der Waals surface area contributed by atoms with Gasteiger partial charge in [0, 0.05) is 17.3 Å². The lowest BCUT2D eigenvalue weighted by Crippen LogP contribution is -2.40. The fourth-order valence-electron chi connectivity index (χ4n) is 3.48. The summed E-state index contributed by atoms with van der Waals surface area (Å²) in [5.41, 5.74) is 4.21. The van der Waals surface area contributed by atoms with E-state index in [0.717, 1.165) is 23.2 Å². The average molecular weight is 379 g/mol. The summed E-state index contributed by atoms with van der Waals surface area (Å²) in [7, 11) is 0. The molecule has 5 nitrogen and oxygen atoms in total. The Morgan fingerprint density at radius 1 is 1.19 bits per heavy atom. The van der Waals surface area contributed by atoms with Crippen molar-refractivity contribution in [3.8, 4) is 11.5 Å². The Kier molecular flexibility index (Phi) is 4.74. The van der Waals surface area contributed by atoms with Crippen molar-refractivity contribution in [2.45, 2.75) is 43.7 Å². The van der Waals surface area contributed by atoms with Gasteiger partial charge in [-0.15, -0.1) is 10.2 Å². The van der Waals surface area contributed by atoms with Crippen molar-refractivity contribution in [1.82, 2.24) is 10.2 Å². The van der Waals surface area contributed by atoms with Crippen LogP contribution in [0.25, 0.3) is 11.5 Å². The largest absolute Gasteiger partial charge is 0.411 e. The van der Waals surface area contributed by atoms with Crippen LogP contribution in [-0.4, -0.2) is 27.4 Å². The first-order valence-electron chi connectivity index (χ1n) is 9.01. The number of benzene rings is 2. The molecule has 0 aliphatic carbocycles. The number of carbonyl (C=O) groups is 1. The molecule has 0 unspecified atom stereocenters. The van der Waals surface area contributed by atoms with Gasteiger partial charge >= 0.3 is 0 Å². The smallest absolute Gasteiger partial charge is 0.277 e. The maximum absolute atomic E-state index is 13.1. The third-order valence-electron chi connectivity index (χ3n) is 4.85. The molecule has 1 amide bonds. The van der Waals surface area contributed by atoms with E-state index in [2.05, 4.69) is 23.2 Å². The molecule has 27 heavy (non-hydrogen) atoms. The maximum Gasteiger partial charge on any atom is 0.277 e. The standard InChI is InChI=1S/C21H21N3O2S/c1-13-8-4-6-10-17(13)19-22-23-21(26-19)27-15(3)20(25)24-14(2)12-16-9-5-7-11-18(16)24/h4-11,14-15H,12H2,1-3H3/t14-,15+/m1/s1. The molecule has 2 atom stereocenters. The highest BCUT2D eigenvalue weighted by molar-refractivity contribution is 8.00. The number of rotatable bonds is 4. The predicted octanol–water partition coefficient (Wildman–Crippen LogP) is 4.50. The second kappa shape index (κ2) is 7.19. The first-order valence-corrected chi connectivity index (χ1v) is 9.89. The fourth-order valence-corrected chi connectivity index (χ4v) is 4.21. The van der Waals surface area contributed by atoms with E-state index >= 15 is 0 Å². The van der Waals surface area contributed by atoms with Crippen LogP contribution in [-0.2, 0) is 11.2 Å². The Morgan fingerprint density at radius 2 is 1.93 bits per heavy atom. The Labute approximate surface area is 162 Å². The Bertz CT molecular complexity index is 985. The Balaban J connectivity index is 1.51. The van der Waals surface area contributed by atoms with Crippen LogP contribution in [0.3, 0.4) is 0 Å². The third-order valence-corrected chi connectivity index (χ3v) is 5.77. The zero-order chi connectivity index (χ0) is 19.0. The van der Waals surface area contributed by atoms with Crippen molar-refractivity contribution in [1.29, 1.82) is 0 Å². The van der Waals surface area contributed by atoms with E-state index < -0.39 is 0 Å². The van der Waals surface area contributed by atoms with Crippen LogP contribution in [0.2, 0.25) is 0 Å². The lowest BCUT2D eigenvalue weighted by molar-refractivity contribution is -0.118. The highest BCUT2D eigenvalue weighted by Crippen LogP contribution is 2.35. The summed E-state index contributed by atoms with van der Waals surface area (Å²) in [6.45, 7) is 5.97. The molecule has 4 rings (SSSR count). The zero-order valence-electron chi connectivity index (χ0n) is 15.5. The number of hydrogen-bond acceptors (Lipinski definition) is 5. The van der Waals surface area contributed by atoms with Gasteiger partial charge in [-0.2, -0.15) is 0 Å². The van der Waals surface area contributed by atoms with Gasteiger partial charge in [0.25, 0.3) is 5.22 Å². The van der Waals surface area contributed by atoms with Gasteiger partial charge < -0.3 is 9.32 Å². The molecule has 3 aromatic rings. The van der Waals surface area contributed by atoms with E-state index in [9.17, 15) is 4.79 Å². The van der Waals surface area contributed by atoms with Crippen molar-refractivity contribution in [3.05, 3.63) is 59.7 Å². The topological polar surface area (TPSA) is 59.2 Å². The molecule has 1 aromatic heterocycles. The van der Waals surface area contributed by atoms with E-state index in [1.165, 1.54) is 17.3 Å². The lowest BCUT2D eigenvalue weighted by atomic mass is 10.1. The van der Waals surface area contributed by atoms with Crippen molar-refractivity contribution >= 4 is 23.4 Å². The van der Waals surface area contributed by atoms with Gasteiger partial charge in [-0.3, -0.25) is 4.79 Å². The van der Waals surface area contributed by atoms with Crippen molar-refractivity contribution in [2.24, 2.45) is 0 Å². The van der Waals surface area contributed by atoms with E-state index in [-0.39, 0.29) is 17.2 Å². The van der Waals surface area contributed by atoms with Crippen LogP contribution < -0.4 is 4.90 Å². The lowest BCUT2D eigenvalue weighted by Gasteiger charge is -2.25. The quantitative estimate of drug-likeness (QED) is 0.625. The molecule has 6 heteroatoms. The summed E-state index contributed by atoms with van der Waals surface area (Å²) in [5, 5.41) is 8.36. The average Bonchev–Trinajstić information content (AvgIpc) is 3.25. The third kappa shape index (κ3) is 3.37. The minimum absolute atomic E-state index is 0.0630. The molecule has 1 aliphatic rings. The highest BCUT2D eigenvalue weighted by atomic mass is 32.2. The number of aryl methyl sites for hydroxylation is 1. The van der Waals surface area contributed by atoms with Crippen molar-refractivity contribution in [2.75, 3.05) is 4.90 Å². The number of aromatic nitrogens is 2. The summed E-state index contributed by atoms with van der Waals surface area (Å²) in [5.74, 6) is 0.545. The Hall–Kier alpha value is -2.60. The molecule has 0 fully saturated rings. The molecule has 1 aliphatic heterocycles. The SMILES string of the molecule is Cc1ccccc1-c1nnc(S[C@@H](C)C(=O)N2c3ccccc3C[C@H]2C)o1. The molecule has 0 N–H and O–H groups in total. The molecule has 0 saturated heterocycles. The summed E-state index contributed by atoms with van der Waals surface area (Å²) in [6.07, 6.45) is 0.886. The van der Waals surface area contributed by atoms with Crippen molar-refractivity contribution < 1.29 is 9.21 Å². The van der Waals surface area contributed by atoms with E-state index in [0.29, 0.717) is 11.1 Å². The van der Waals surface area contributed by atoms with Gasteiger partial charge in [0.1, 0.15) is 0 Å². The monoisotopic (exact) mass is 379 g/mol. The zero-order valence-corrected chi connectivity index (χ0v) is 16.4. The first-order chi connectivity index (χ1) is 13.0. The van der Waals surface area contributed by atoms with Crippen LogP contribution in [0.15, 0.2) is 58.2 Å². The van der Waals surface area contributed by atoms with E-state index in [4.69, 9.17) is 4.42 Å². The first kappa shape index (κ1) is 17.8.